The molecule has 0 heterocycles. The molecule has 0 aliphatic rings. The number of halogens is 1. The van der Waals surface area contributed by atoms with Crippen LogP contribution >= 0.6 is 11.6 Å². The van der Waals surface area contributed by atoms with E-state index in [0.29, 0.717) is 28.1 Å². The van der Waals surface area contributed by atoms with E-state index in [4.69, 9.17) is 17.3 Å². The van der Waals surface area contributed by atoms with Crippen LogP contribution in [0.3, 0.4) is 0 Å². The Balaban J connectivity index is 2.54. The molecule has 1 aromatic carbocycles. The molecular formula is C13H19ClN2O2S. The molecule has 1 aromatic rings. The molecule has 0 aliphatic carbocycles. The second-order valence-electron chi connectivity index (χ2n) is 4.71. The van der Waals surface area contributed by atoms with E-state index in [1.54, 1.807) is 18.2 Å². The van der Waals surface area contributed by atoms with Crippen molar-refractivity contribution in [1.82, 2.24) is 5.32 Å². The van der Waals surface area contributed by atoms with Crippen LogP contribution in [0.15, 0.2) is 23.1 Å². The minimum Gasteiger partial charge on any atom is -0.399 e. The van der Waals surface area contributed by atoms with Gasteiger partial charge in [-0.3, -0.25) is 9.00 Å². The Hall–Kier alpha value is -1.07. The summed E-state index contributed by atoms with van der Waals surface area (Å²) < 4.78 is 12.0. The molecule has 19 heavy (non-hydrogen) atoms. The van der Waals surface area contributed by atoms with E-state index in [1.807, 2.05) is 0 Å². The van der Waals surface area contributed by atoms with E-state index in [-0.39, 0.29) is 11.7 Å². The Labute approximate surface area is 121 Å². The van der Waals surface area contributed by atoms with Gasteiger partial charge >= 0.3 is 0 Å². The molecule has 0 fully saturated rings. The van der Waals surface area contributed by atoms with Crippen molar-refractivity contribution in [2.75, 3.05) is 18.0 Å². The molecule has 0 saturated carbocycles. The lowest BCUT2D eigenvalue weighted by Crippen LogP contribution is -2.29. The van der Waals surface area contributed by atoms with Crippen LogP contribution in [0, 0.1) is 5.92 Å². The van der Waals surface area contributed by atoms with Crippen molar-refractivity contribution >= 4 is 34.0 Å². The molecule has 3 N–H and O–H groups in total. The van der Waals surface area contributed by atoms with Crippen LogP contribution in [0.25, 0.3) is 0 Å². The highest BCUT2D eigenvalue weighted by atomic mass is 35.5. The number of amides is 1. The highest BCUT2D eigenvalue weighted by molar-refractivity contribution is 7.85. The minimum absolute atomic E-state index is 0.0960. The Bertz CT molecular complexity index is 478. The second-order valence-corrected chi connectivity index (χ2v) is 6.54. The quantitative estimate of drug-likeness (QED) is 0.791. The summed E-state index contributed by atoms with van der Waals surface area (Å²) in [6.07, 6.45) is 0.900. The molecule has 4 nitrogen and oxygen atoms in total. The Kier molecular flexibility index (Phi) is 6.31. The van der Waals surface area contributed by atoms with Gasteiger partial charge in [0.15, 0.2) is 0 Å². The number of anilines is 1. The van der Waals surface area contributed by atoms with Crippen molar-refractivity contribution < 1.29 is 9.00 Å². The van der Waals surface area contributed by atoms with Gasteiger partial charge in [0, 0.05) is 12.2 Å². The molecular weight excluding hydrogens is 284 g/mol. The first kappa shape index (κ1) is 16.0. The Morgan fingerprint density at radius 2 is 2.16 bits per heavy atom. The summed E-state index contributed by atoms with van der Waals surface area (Å²) >= 11 is 5.94. The van der Waals surface area contributed by atoms with Crippen molar-refractivity contribution in [2.24, 2.45) is 5.92 Å². The van der Waals surface area contributed by atoms with Gasteiger partial charge in [0.05, 0.1) is 20.7 Å². The van der Waals surface area contributed by atoms with Gasteiger partial charge in [-0.15, -0.1) is 0 Å². The van der Waals surface area contributed by atoms with Crippen molar-refractivity contribution in [3.05, 3.63) is 23.2 Å². The zero-order chi connectivity index (χ0) is 14.4. The van der Waals surface area contributed by atoms with Gasteiger partial charge in [0.25, 0.3) is 0 Å². The third kappa shape index (κ3) is 5.61. The molecule has 106 valence electrons. The molecule has 0 bridgehead atoms. The Morgan fingerprint density at radius 1 is 1.47 bits per heavy atom. The van der Waals surface area contributed by atoms with E-state index >= 15 is 0 Å². The van der Waals surface area contributed by atoms with Crippen molar-refractivity contribution in [2.45, 2.75) is 25.2 Å². The maximum Gasteiger partial charge on any atom is 0.233 e. The lowest BCUT2D eigenvalue weighted by atomic mass is 10.1. The molecule has 0 aliphatic heterocycles. The average molecular weight is 303 g/mol. The topological polar surface area (TPSA) is 72.2 Å². The zero-order valence-corrected chi connectivity index (χ0v) is 12.7. The second kappa shape index (κ2) is 7.50. The first-order valence-electron chi connectivity index (χ1n) is 6.10. The summed E-state index contributed by atoms with van der Waals surface area (Å²) in [7, 11) is -1.47. The number of rotatable bonds is 6. The standard InChI is InChI=1S/C13H19ClN2O2S/c1-9(2)5-6-16-13(17)8-19(18)12-7-10(15)3-4-11(12)14/h3-4,7,9H,5-6,8,15H2,1-2H3,(H,16,17). The van der Waals surface area contributed by atoms with Crippen LogP contribution in [0.1, 0.15) is 20.3 Å². The SMILES string of the molecule is CC(C)CCNC(=O)CS(=O)c1cc(N)ccc1Cl. The third-order valence-electron chi connectivity index (χ3n) is 2.51. The Morgan fingerprint density at radius 3 is 2.79 bits per heavy atom. The number of carbonyl (C=O) groups excluding carboxylic acids is 1. The fraction of sp³-hybridized carbons (Fsp3) is 0.462. The molecule has 0 radical (unpaired) electrons. The monoisotopic (exact) mass is 302 g/mol. The molecule has 0 saturated heterocycles. The summed E-state index contributed by atoms with van der Waals surface area (Å²) in [5, 5.41) is 3.11. The van der Waals surface area contributed by atoms with Crippen LogP contribution < -0.4 is 11.1 Å². The van der Waals surface area contributed by atoms with Gasteiger partial charge in [-0.25, -0.2) is 0 Å². The molecule has 1 unspecified atom stereocenters. The van der Waals surface area contributed by atoms with Crippen LogP contribution in [0.4, 0.5) is 5.69 Å². The van der Waals surface area contributed by atoms with Crippen molar-refractivity contribution in [3.63, 3.8) is 0 Å². The van der Waals surface area contributed by atoms with Gasteiger partial charge in [-0.1, -0.05) is 25.4 Å². The van der Waals surface area contributed by atoms with Gasteiger partial charge in [-0.05, 0) is 30.5 Å². The van der Waals surface area contributed by atoms with Crippen LogP contribution in [-0.2, 0) is 15.6 Å². The van der Waals surface area contributed by atoms with Gasteiger partial charge < -0.3 is 11.1 Å². The molecule has 0 spiro atoms. The molecule has 6 heteroatoms. The fourth-order valence-electron chi connectivity index (χ4n) is 1.44. The van der Waals surface area contributed by atoms with E-state index in [9.17, 15) is 9.00 Å². The molecule has 1 rings (SSSR count). The maximum absolute atomic E-state index is 12.0. The largest absolute Gasteiger partial charge is 0.399 e. The van der Waals surface area contributed by atoms with Gasteiger partial charge in [0.1, 0.15) is 5.75 Å². The van der Waals surface area contributed by atoms with Crippen molar-refractivity contribution in [3.8, 4) is 0 Å². The molecule has 0 aromatic heterocycles. The number of carbonyl (C=O) groups is 1. The van der Waals surface area contributed by atoms with E-state index < -0.39 is 10.8 Å². The predicted molar refractivity (Wildman–Crippen MR) is 79.6 cm³/mol. The van der Waals surface area contributed by atoms with Gasteiger partial charge in [0.2, 0.25) is 5.91 Å². The first-order valence-corrected chi connectivity index (χ1v) is 7.80. The van der Waals surface area contributed by atoms with E-state index in [2.05, 4.69) is 19.2 Å². The van der Waals surface area contributed by atoms with Gasteiger partial charge in [-0.2, -0.15) is 0 Å². The third-order valence-corrected chi connectivity index (χ3v) is 4.30. The van der Waals surface area contributed by atoms with E-state index in [0.717, 1.165) is 6.42 Å². The van der Waals surface area contributed by atoms with E-state index in [1.165, 1.54) is 0 Å². The highest BCUT2D eigenvalue weighted by Gasteiger charge is 2.13. The fourth-order valence-corrected chi connectivity index (χ4v) is 2.87. The smallest absolute Gasteiger partial charge is 0.233 e. The average Bonchev–Trinajstić information content (AvgIpc) is 2.31. The lowest BCUT2D eigenvalue weighted by molar-refractivity contribution is -0.118. The summed E-state index contributed by atoms with van der Waals surface area (Å²) in [6, 6.07) is 4.76. The number of nitrogens with one attached hydrogen (secondary N) is 1. The molecule has 1 atom stereocenters. The summed E-state index contributed by atoms with van der Waals surface area (Å²) in [4.78, 5) is 12.0. The zero-order valence-electron chi connectivity index (χ0n) is 11.1. The maximum atomic E-state index is 12.0. The van der Waals surface area contributed by atoms with Crippen LogP contribution in [0.5, 0.6) is 0 Å². The normalized spacial score (nSPS) is 12.4. The summed E-state index contributed by atoms with van der Waals surface area (Å²) in [5.74, 6) is 0.188. The predicted octanol–water partition coefficient (Wildman–Crippen LogP) is 2.19. The summed E-state index contributed by atoms with van der Waals surface area (Å²) in [5.41, 5.74) is 6.10. The number of nitrogens with two attached hydrogens (primary N) is 1. The number of hydrogen-bond acceptors (Lipinski definition) is 3. The lowest BCUT2D eigenvalue weighted by Gasteiger charge is -2.08. The summed E-state index contributed by atoms with van der Waals surface area (Å²) in [6.45, 7) is 4.76. The number of benzene rings is 1. The van der Waals surface area contributed by atoms with Crippen LogP contribution in [-0.4, -0.2) is 22.4 Å². The number of nitrogen functional groups attached to an aromatic ring is 1. The first-order chi connectivity index (χ1) is 8.90. The number of hydrogen-bond donors (Lipinski definition) is 2. The highest BCUT2D eigenvalue weighted by Crippen LogP contribution is 2.22. The van der Waals surface area contributed by atoms with Crippen molar-refractivity contribution in [1.29, 1.82) is 0 Å². The minimum atomic E-state index is -1.47. The molecule has 1 amide bonds. The van der Waals surface area contributed by atoms with Crippen LogP contribution in [0.2, 0.25) is 5.02 Å².